The second-order valence-electron chi connectivity index (χ2n) is 4.50. The molecule has 0 saturated heterocycles. The summed E-state index contributed by atoms with van der Waals surface area (Å²) in [6, 6.07) is 3.93. The molecule has 96 valence electrons. The molecule has 2 N–H and O–H groups in total. The van der Waals surface area contributed by atoms with Crippen molar-refractivity contribution in [1.29, 1.82) is 0 Å². The second kappa shape index (κ2) is 8.20. The van der Waals surface area contributed by atoms with Gasteiger partial charge < -0.3 is 10.5 Å². The molecule has 0 aliphatic carbocycles. The van der Waals surface area contributed by atoms with Gasteiger partial charge in [0.1, 0.15) is 0 Å². The molecule has 3 heteroatoms. The molecule has 0 spiro atoms. The standard InChI is InChI=1S/C14H24N2O/c1-3-4-5-6-10-17-14(12(2)15)13-8-7-9-16-11-13/h7-9,11-12,14H,3-6,10,15H2,1-2H3. The number of ether oxygens (including phenoxy) is 1. The number of nitrogens with zero attached hydrogens (tertiary/aromatic N) is 1. The topological polar surface area (TPSA) is 48.1 Å². The van der Waals surface area contributed by atoms with Crippen LogP contribution in [0.1, 0.15) is 51.2 Å². The third kappa shape index (κ3) is 5.29. The van der Waals surface area contributed by atoms with E-state index in [2.05, 4.69) is 11.9 Å². The summed E-state index contributed by atoms with van der Waals surface area (Å²) in [6.07, 6.45) is 8.43. The monoisotopic (exact) mass is 236 g/mol. The van der Waals surface area contributed by atoms with Crippen LogP contribution in [0.25, 0.3) is 0 Å². The highest BCUT2D eigenvalue weighted by Gasteiger charge is 2.16. The number of pyridine rings is 1. The maximum atomic E-state index is 5.96. The lowest BCUT2D eigenvalue weighted by atomic mass is 10.1. The van der Waals surface area contributed by atoms with E-state index in [-0.39, 0.29) is 12.1 Å². The number of aromatic nitrogens is 1. The lowest BCUT2D eigenvalue weighted by Gasteiger charge is -2.21. The first-order chi connectivity index (χ1) is 8.25. The third-order valence-corrected chi connectivity index (χ3v) is 2.79. The zero-order valence-electron chi connectivity index (χ0n) is 10.9. The summed E-state index contributed by atoms with van der Waals surface area (Å²) in [6.45, 7) is 4.96. The quantitative estimate of drug-likeness (QED) is 0.706. The molecule has 0 radical (unpaired) electrons. The molecule has 1 heterocycles. The number of hydrogen-bond acceptors (Lipinski definition) is 3. The van der Waals surface area contributed by atoms with Crippen LogP contribution in [0.5, 0.6) is 0 Å². The van der Waals surface area contributed by atoms with E-state index in [4.69, 9.17) is 10.5 Å². The first kappa shape index (κ1) is 14.1. The Balaban J connectivity index is 2.40. The van der Waals surface area contributed by atoms with Gasteiger partial charge in [-0.3, -0.25) is 4.98 Å². The summed E-state index contributed by atoms with van der Waals surface area (Å²) >= 11 is 0. The van der Waals surface area contributed by atoms with Gasteiger partial charge >= 0.3 is 0 Å². The molecular weight excluding hydrogens is 212 g/mol. The second-order valence-corrected chi connectivity index (χ2v) is 4.50. The van der Waals surface area contributed by atoms with E-state index >= 15 is 0 Å². The van der Waals surface area contributed by atoms with Crippen molar-refractivity contribution in [3.8, 4) is 0 Å². The number of nitrogens with two attached hydrogens (primary N) is 1. The van der Waals surface area contributed by atoms with Gasteiger partial charge in [0.15, 0.2) is 0 Å². The van der Waals surface area contributed by atoms with Crippen LogP contribution < -0.4 is 5.73 Å². The average Bonchev–Trinajstić information content (AvgIpc) is 2.34. The first-order valence-electron chi connectivity index (χ1n) is 6.52. The fraction of sp³-hybridized carbons (Fsp3) is 0.643. The van der Waals surface area contributed by atoms with Crippen LogP contribution in [0.3, 0.4) is 0 Å². The predicted molar refractivity (Wildman–Crippen MR) is 70.7 cm³/mol. The van der Waals surface area contributed by atoms with Crippen LogP contribution in [0.15, 0.2) is 24.5 Å². The van der Waals surface area contributed by atoms with E-state index in [1.807, 2.05) is 25.3 Å². The Morgan fingerprint density at radius 2 is 2.18 bits per heavy atom. The molecule has 3 nitrogen and oxygen atoms in total. The number of rotatable bonds is 8. The fourth-order valence-electron chi connectivity index (χ4n) is 1.83. The average molecular weight is 236 g/mol. The van der Waals surface area contributed by atoms with Gasteiger partial charge in [0.25, 0.3) is 0 Å². The summed E-state index contributed by atoms with van der Waals surface area (Å²) in [7, 11) is 0. The normalized spacial score (nSPS) is 14.5. The zero-order valence-corrected chi connectivity index (χ0v) is 10.9. The predicted octanol–water partition coefficient (Wildman–Crippen LogP) is 3.07. The fourth-order valence-corrected chi connectivity index (χ4v) is 1.83. The maximum absolute atomic E-state index is 5.96. The van der Waals surface area contributed by atoms with Gasteiger partial charge in [-0.25, -0.2) is 0 Å². The Labute approximate surface area is 104 Å². The Morgan fingerprint density at radius 3 is 2.76 bits per heavy atom. The molecule has 0 fully saturated rings. The highest BCUT2D eigenvalue weighted by Crippen LogP contribution is 2.19. The molecule has 17 heavy (non-hydrogen) atoms. The molecule has 0 bridgehead atoms. The van der Waals surface area contributed by atoms with Crippen molar-refractivity contribution in [2.24, 2.45) is 5.73 Å². The van der Waals surface area contributed by atoms with Gasteiger partial charge in [0, 0.05) is 30.6 Å². The summed E-state index contributed by atoms with van der Waals surface area (Å²) in [5.41, 5.74) is 7.02. The third-order valence-electron chi connectivity index (χ3n) is 2.79. The van der Waals surface area contributed by atoms with Crippen molar-refractivity contribution in [2.45, 2.75) is 51.7 Å². The molecular formula is C14H24N2O. The zero-order chi connectivity index (χ0) is 12.5. The molecule has 2 atom stereocenters. The molecule has 1 rings (SSSR count). The van der Waals surface area contributed by atoms with Crippen molar-refractivity contribution in [1.82, 2.24) is 4.98 Å². The lowest BCUT2D eigenvalue weighted by Crippen LogP contribution is -2.27. The number of unbranched alkanes of at least 4 members (excludes halogenated alkanes) is 3. The molecule has 1 aromatic heterocycles. The Bertz CT molecular complexity index is 288. The van der Waals surface area contributed by atoms with E-state index in [0.717, 1.165) is 18.6 Å². The molecule has 0 aliphatic heterocycles. The van der Waals surface area contributed by atoms with E-state index < -0.39 is 0 Å². The van der Waals surface area contributed by atoms with E-state index in [1.54, 1.807) is 6.20 Å². The van der Waals surface area contributed by atoms with Gasteiger partial charge in [-0.05, 0) is 19.4 Å². The summed E-state index contributed by atoms with van der Waals surface area (Å²) in [5, 5.41) is 0. The van der Waals surface area contributed by atoms with Gasteiger partial charge in [-0.15, -0.1) is 0 Å². The van der Waals surface area contributed by atoms with Crippen molar-refractivity contribution < 1.29 is 4.74 Å². The first-order valence-corrected chi connectivity index (χ1v) is 6.52. The van der Waals surface area contributed by atoms with Gasteiger partial charge in [0.05, 0.1) is 6.10 Å². The van der Waals surface area contributed by atoms with Crippen LogP contribution >= 0.6 is 0 Å². The Kier molecular flexibility index (Phi) is 6.82. The lowest BCUT2D eigenvalue weighted by molar-refractivity contribution is 0.0356. The smallest absolute Gasteiger partial charge is 0.0987 e. The van der Waals surface area contributed by atoms with Gasteiger partial charge in [-0.1, -0.05) is 32.3 Å². The minimum atomic E-state index is -0.0367. The highest BCUT2D eigenvalue weighted by molar-refractivity contribution is 5.13. The molecule has 1 aromatic rings. The summed E-state index contributed by atoms with van der Waals surface area (Å²) in [5.74, 6) is 0. The van der Waals surface area contributed by atoms with Crippen molar-refractivity contribution in [2.75, 3.05) is 6.61 Å². The molecule has 0 aliphatic rings. The van der Waals surface area contributed by atoms with Gasteiger partial charge in [-0.2, -0.15) is 0 Å². The Hall–Kier alpha value is -0.930. The van der Waals surface area contributed by atoms with Gasteiger partial charge in [0.2, 0.25) is 0 Å². The molecule has 0 aromatic carbocycles. The van der Waals surface area contributed by atoms with Crippen molar-refractivity contribution in [3.63, 3.8) is 0 Å². The summed E-state index contributed by atoms with van der Waals surface area (Å²) in [4.78, 5) is 4.11. The van der Waals surface area contributed by atoms with Crippen LogP contribution in [-0.4, -0.2) is 17.6 Å². The molecule has 0 amide bonds. The molecule has 2 unspecified atom stereocenters. The number of hydrogen-bond donors (Lipinski definition) is 1. The van der Waals surface area contributed by atoms with Crippen LogP contribution in [0.2, 0.25) is 0 Å². The largest absolute Gasteiger partial charge is 0.372 e. The minimum Gasteiger partial charge on any atom is -0.372 e. The SMILES string of the molecule is CCCCCCOC(c1cccnc1)C(C)N. The maximum Gasteiger partial charge on any atom is 0.0987 e. The van der Waals surface area contributed by atoms with Crippen LogP contribution in [-0.2, 0) is 4.74 Å². The van der Waals surface area contributed by atoms with Crippen LogP contribution in [0, 0.1) is 0 Å². The summed E-state index contributed by atoms with van der Waals surface area (Å²) < 4.78 is 5.87. The van der Waals surface area contributed by atoms with Crippen molar-refractivity contribution in [3.05, 3.63) is 30.1 Å². The van der Waals surface area contributed by atoms with E-state index in [1.165, 1.54) is 19.3 Å². The molecule has 0 saturated carbocycles. The highest BCUT2D eigenvalue weighted by atomic mass is 16.5. The minimum absolute atomic E-state index is 0.00891. The van der Waals surface area contributed by atoms with E-state index in [9.17, 15) is 0 Å². The van der Waals surface area contributed by atoms with Crippen molar-refractivity contribution >= 4 is 0 Å². The van der Waals surface area contributed by atoms with Crippen LogP contribution in [0.4, 0.5) is 0 Å². The van der Waals surface area contributed by atoms with E-state index in [0.29, 0.717) is 0 Å². The Morgan fingerprint density at radius 1 is 1.35 bits per heavy atom.